The third-order valence-corrected chi connectivity index (χ3v) is 5.95. The van der Waals surface area contributed by atoms with Crippen molar-refractivity contribution in [2.75, 3.05) is 11.1 Å². The predicted molar refractivity (Wildman–Crippen MR) is 138 cm³/mol. The van der Waals surface area contributed by atoms with Gasteiger partial charge in [0.05, 0.1) is 11.4 Å². The van der Waals surface area contributed by atoms with Gasteiger partial charge in [0.25, 0.3) is 5.91 Å². The van der Waals surface area contributed by atoms with E-state index < -0.39 is 6.09 Å². The molecule has 3 aromatic carbocycles. The molecule has 4 rings (SSSR count). The highest BCUT2D eigenvalue weighted by Gasteiger charge is 2.38. The summed E-state index contributed by atoms with van der Waals surface area (Å²) in [5.41, 5.74) is 10.6. The van der Waals surface area contributed by atoms with Crippen molar-refractivity contribution in [3.8, 4) is 0 Å². The minimum atomic E-state index is -0.484. The summed E-state index contributed by atoms with van der Waals surface area (Å²) in [5.74, 6) is 0.280. The highest BCUT2D eigenvalue weighted by Crippen LogP contribution is 2.41. The van der Waals surface area contributed by atoms with Gasteiger partial charge < -0.3 is 26.4 Å². The van der Waals surface area contributed by atoms with Crippen LogP contribution in [0.2, 0.25) is 0 Å². The third kappa shape index (κ3) is 6.83. The fourth-order valence-electron chi connectivity index (χ4n) is 4.04. The van der Waals surface area contributed by atoms with Crippen LogP contribution in [0.3, 0.4) is 0 Å². The van der Waals surface area contributed by atoms with E-state index in [1.807, 2.05) is 24.3 Å². The number of carbonyl (C=O) groups is 2. The predicted octanol–water partition coefficient (Wildman–Crippen LogP) is 4.80. The first-order valence-electron chi connectivity index (χ1n) is 11.9. The number of nitrogens with two attached hydrogens (primary N) is 1. The molecule has 0 bridgehead atoms. The quantitative estimate of drug-likeness (QED) is 0.335. The van der Waals surface area contributed by atoms with Crippen molar-refractivity contribution in [1.82, 2.24) is 10.6 Å². The number of para-hydroxylation sites is 2. The van der Waals surface area contributed by atoms with Gasteiger partial charge in [0.15, 0.2) is 0 Å². The van der Waals surface area contributed by atoms with Gasteiger partial charge in [-0.1, -0.05) is 62.4 Å². The van der Waals surface area contributed by atoms with Crippen LogP contribution in [0, 0.1) is 0 Å². The van der Waals surface area contributed by atoms with Crippen molar-refractivity contribution >= 4 is 23.4 Å². The van der Waals surface area contributed by atoms with E-state index in [0.717, 1.165) is 17.5 Å². The van der Waals surface area contributed by atoms with Gasteiger partial charge in [-0.2, -0.15) is 0 Å². The lowest BCUT2D eigenvalue weighted by Gasteiger charge is -2.10. The van der Waals surface area contributed by atoms with Crippen LogP contribution in [0.25, 0.3) is 0 Å². The van der Waals surface area contributed by atoms with Crippen LogP contribution in [0.4, 0.5) is 16.2 Å². The number of rotatable bonds is 9. The molecule has 35 heavy (non-hydrogen) atoms. The topological polar surface area (TPSA) is 105 Å². The number of benzene rings is 3. The van der Waals surface area contributed by atoms with Crippen LogP contribution >= 0.6 is 0 Å². The zero-order valence-electron chi connectivity index (χ0n) is 20.1. The Balaban J connectivity index is 1.22. The summed E-state index contributed by atoms with van der Waals surface area (Å²) < 4.78 is 5.39. The molecule has 0 spiro atoms. The molecule has 0 aliphatic heterocycles. The van der Waals surface area contributed by atoms with Crippen LogP contribution in [-0.4, -0.2) is 24.1 Å². The van der Waals surface area contributed by atoms with Crippen molar-refractivity contribution in [3.63, 3.8) is 0 Å². The van der Waals surface area contributed by atoms with E-state index in [1.165, 1.54) is 5.56 Å². The Hall–Kier alpha value is -3.84. The molecule has 182 valence electrons. The highest BCUT2D eigenvalue weighted by molar-refractivity contribution is 6.05. The van der Waals surface area contributed by atoms with Gasteiger partial charge in [0.1, 0.15) is 6.61 Å². The first kappa shape index (κ1) is 24.3. The molecular weight excluding hydrogens is 440 g/mol. The Kier molecular flexibility index (Phi) is 7.67. The summed E-state index contributed by atoms with van der Waals surface area (Å²) in [6, 6.07) is 23.4. The second-order valence-electron chi connectivity index (χ2n) is 9.18. The van der Waals surface area contributed by atoms with E-state index in [4.69, 9.17) is 10.5 Å². The van der Waals surface area contributed by atoms with E-state index in [-0.39, 0.29) is 12.5 Å². The monoisotopic (exact) mass is 472 g/mol. The van der Waals surface area contributed by atoms with Crippen molar-refractivity contribution in [1.29, 1.82) is 0 Å². The van der Waals surface area contributed by atoms with E-state index >= 15 is 0 Å². The molecule has 1 aliphatic rings. The van der Waals surface area contributed by atoms with E-state index in [2.05, 4.69) is 41.9 Å². The summed E-state index contributed by atoms with van der Waals surface area (Å²) >= 11 is 0. The molecule has 0 aromatic heterocycles. The molecule has 1 aliphatic carbocycles. The van der Waals surface area contributed by atoms with E-state index in [9.17, 15) is 9.59 Å². The average molecular weight is 473 g/mol. The number of alkyl carbamates (subject to hydrolysis) is 1. The van der Waals surface area contributed by atoms with Crippen molar-refractivity contribution in [2.45, 2.75) is 51.4 Å². The molecule has 7 nitrogen and oxygen atoms in total. The molecule has 1 fully saturated rings. The van der Waals surface area contributed by atoms with Crippen LogP contribution in [-0.2, 0) is 17.9 Å². The van der Waals surface area contributed by atoms with Crippen molar-refractivity contribution in [3.05, 3.63) is 95.1 Å². The highest BCUT2D eigenvalue weighted by atomic mass is 16.5. The van der Waals surface area contributed by atoms with E-state index in [0.29, 0.717) is 41.5 Å². The van der Waals surface area contributed by atoms with Gasteiger partial charge in [-0.15, -0.1) is 0 Å². The minimum Gasteiger partial charge on any atom is -0.445 e. The number of carbonyl (C=O) groups excluding carboxylic acids is 2. The smallest absolute Gasteiger partial charge is 0.407 e. The Bertz CT molecular complexity index is 1180. The van der Waals surface area contributed by atoms with Gasteiger partial charge in [-0.05, 0) is 47.4 Å². The second-order valence-corrected chi connectivity index (χ2v) is 9.18. The molecular formula is C28H32N4O3. The fourth-order valence-corrected chi connectivity index (χ4v) is 4.04. The van der Waals surface area contributed by atoms with Gasteiger partial charge in [-0.3, -0.25) is 4.79 Å². The molecule has 2 atom stereocenters. The van der Waals surface area contributed by atoms with Gasteiger partial charge >= 0.3 is 6.09 Å². The summed E-state index contributed by atoms with van der Waals surface area (Å²) in [6.07, 6.45) is 0.659. The minimum absolute atomic E-state index is 0.219. The third-order valence-electron chi connectivity index (χ3n) is 5.95. The summed E-state index contributed by atoms with van der Waals surface area (Å²) in [4.78, 5) is 24.6. The summed E-state index contributed by atoms with van der Waals surface area (Å²) in [5, 5.41) is 9.12. The van der Waals surface area contributed by atoms with Crippen LogP contribution in [0.1, 0.15) is 53.2 Å². The van der Waals surface area contributed by atoms with Crippen LogP contribution in [0.5, 0.6) is 0 Å². The number of ether oxygens (including phenoxy) is 1. The lowest BCUT2D eigenvalue weighted by molar-refractivity contribution is 0.102. The van der Waals surface area contributed by atoms with Crippen molar-refractivity contribution < 1.29 is 14.3 Å². The Labute approximate surface area is 206 Å². The zero-order valence-corrected chi connectivity index (χ0v) is 20.1. The summed E-state index contributed by atoms with van der Waals surface area (Å²) in [7, 11) is 0. The molecule has 1 saturated carbocycles. The van der Waals surface area contributed by atoms with Crippen LogP contribution < -0.4 is 21.7 Å². The van der Waals surface area contributed by atoms with Crippen LogP contribution in [0.15, 0.2) is 72.8 Å². The van der Waals surface area contributed by atoms with Gasteiger partial charge in [0.2, 0.25) is 0 Å². The fraction of sp³-hybridized carbons (Fsp3) is 0.286. The first-order valence-corrected chi connectivity index (χ1v) is 11.9. The first-order chi connectivity index (χ1) is 16.9. The Morgan fingerprint density at radius 1 is 1.00 bits per heavy atom. The zero-order chi connectivity index (χ0) is 24.8. The standard InChI is InChI=1S/C28H32N4O3/c1-18(2)31-26-15-23(26)22-7-5-6-20(14-22)17-35-28(34)30-16-19-10-12-21(13-11-19)27(33)32-25-9-4-3-8-24(25)29/h3-14,18,23,26,31H,15-17,29H2,1-2H3,(H,30,34)(H,32,33)/t23-,26+/m1/s1. The molecule has 7 heteroatoms. The Morgan fingerprint density at radius 2 is 1.77 bits per heavy atom. The number of hydrogen-bond acceptors (Lipinski definition) is 5. The Morgan fingerprint density at radius 3 is 2.51 bits per heavy atom. The van der Waals surface area contributed by atoms with Crippen molar-refractivity contribution in [2.24, 2.45) is 0 Å². The second kappa shape index (κ2) is 11.1. The number of hydrogen-bond donors (Lipinski definition) is 4. The maximum Gasteiger partial charge on any atom is 0.407 e. The summed E-state index contributed by atoms with van der Waals surface area (Å²) in [6.45, 7) is 4.84. The number of anilines is 2. The van der Waals surface area contributed by atoms with Gasteiger partial charge in [-0.25, -0.2) is 4.79 Å². The number of amides is 2. The molecule has 2 amide bonds. The lowest BCUT2D eigenvalue weighted by atomic mass is 10.1. The van der Waals surface area contributed by atoms with Gasteiger partial charge in [0, 0.05) is 30.1 Å². The SMILES string of the molecule is CC(C)N[C@H]1C[C@@H]1c1cccc(COC(=O)NCc2ccc(C(=O)Nc3ccccc3N)cc2)c1. The maximum atomic E-state index is 12.4. The number of nitrogens with one attached hydrogen (secondary N) is 3. The molecule has 5 N–H and O–H groups in total. The average Bonchev–Trinajstić information content (AvgIpc) is 3.61. The normalized spacial score (nSPS) is 16.5. The lowest BCUT2D eigenvalue weighted by Crippen LogP contribution is -2.25. The molecule has 3 aromatic rings. The maximum absolute atomic E-state index is 12.4. The molecule has 0 unspecified atom stereocenters. The number of nitrogen functional groups attached to an aromatic ring is 1. The van der Waals surface area contributed by atoms with E-state index in [1.54, 1.807) is 36.4 Å². The molecule has 0 radical (unpaired) electrons. The molecule has 0 saturated heterocycles. The largest absolute Gasteiger partial charge is 0.445 e. The molecule has 0 heterocycles.